The second kappa shape index (κ2) is 8.31. The van der Waals surface area contributed by atoms with E-state index in [-0.39, 0.29) is 11.5 Å². The van der Waals surface area contributed by atoms with E-state index >= 15 is 0 Å². The van der Waals surface area contributed by atoms with Crippen molar-refractivity contribution in [1.29, 1.82) is 0 Å². The van der Waals surface area contributed by atoms with Gasteiger partial charge in [-0.3, -0.25) is 9.78 Å². The summed E-state index contributed by atoms with van der Waals surface area (Å²) in [5.74, 6) is 1.55. The van der Waals surface area contributed by atoms with Gasteiger partial charge in [-0.15, -0.1) is 0 Å². The van der Waals surface area contributed by atoms with Crippen molar-refractivity contribution in [3.8, 4) is 5.75 Å². The molecule has 2 aromatic rings. The average molecular weight is 380 g/mol. The first-order chi connectivity index (χ1) is 13.7. The monoisotopic (exact) mass is 380 g/mol. The predicted octanol–water partition coefficient (Wildman–Crippen LogP) is 3.73. The lowest BCUT2D eigenvalue weighted by Gasteiger charge is -2.46. The molecule has 0 radical (unpaired) electrons. The molecule has 2 aliphatic rings. The van der Waals surface area contributed by atoms with Gasteiger partial charge in [-0.1, -0.05) is 18.2 Å². The van der Waals surface area contributed by atoms with Crippen molar-refractivity contribution in [2.45, 2.75) is 37.7 Å². The van der Waals surface area contributed by atoms with Crippen LogP contribution in [0.3, 0.4) is 0 Å². The normalized spacial score (nSPS) is 21.5. The number of methoxy groups -OCH3 is 1. The van der Waals surface area contributed by atoms with Crippen LogP contribution in [0.15, 0.2) is 48.7 Å². The van der Waals surface area contributed by atoms with E-state index in [1.807, 2.05) is 29.2 Å². The molecule has 28 heavy (non-hydrogen) atoms. The van der Waals surface area contributed by atoms with E-state index in [0.717, 1.165) is 57.6 Å². The second-order valence-electron chi connectivity index (χ2n) is 7.95. The number of aromatic nitrogens is 1. The lowest BCUT2D eigenvalue weighted by atomic mass is 9.77. The number of nitrogens with zero attached hydrogens (tertiary/aromatic N) is 2. The van der Waals surface area contributed by atoms with E-state index in [9.17, 15) is 4.79 Å². The van der Waals surface area contributed by atoms with Crippen LogP contribution in [0.1, 0.15) is 41.7 Å². The fraction of sp³-hybridized carbons (Fsp3) is 0.478. The largest absolute Gasteiger partial charge is 0.497 e. The Kier molecular flexibility index (Phi) is 5.62. The maximum atomic E-state index is 12.6. The van der Waals surface area contributed by atoms with Crippen LogP contribution in [0.2, 0.25) is 0 Å². The summed E-state index contributed by atoms with van der Waals surface area (Å²) in [5.41, 5.74) is 1.81. The number of hydrogen-bond donors (Lipinski definition) is 0. The standard InChI is InChI=1S/C23H28N2O3/c1-27-20-7-5-18(6-8-20)16-19-9-15-28-23(17-19)10-13-25(14-11-23)22(26)21-4-2-3-12-24-21/h2-8,12,19H,9-11,13-17H2,1H3. The number of pyridine rings is 1. The maximum absolute atomic E-state index is 12.6. The number of amides is 1. The molecule has 1 unspecified atom stereocenters. The number of carbonyl (C=O) groups excluding carboxylic acids is 1. The minimum Gasteiger partial charge on any atom is -0.497 e. The molecule has 1 spiro atoms. The highest BCUT2D eigenvalue weighted by atomic mass is 16.5. The number of rotatable bonds is 4. The number of ether oxygens (including phenoxy) is 2. The Balaban J connectivity index is 1.34. The van der Waals surface area contributed by atoms with Crippen LogP contribution >= 0.6 is 0 Å². The third-order valence-corrected chi connectivity index (χ3v) is 6.12. The molecule has 2 aliphatic heterocycles. The molecule has 2 saturated heterocycles. The van der Waals surface area contributed by atoms with Gasteiger partial charge < -0.3 is 14.4 Å². The van der Waals surface area contributed by atoms with E-state index in [1.165, 1.54) is 5.56 Å². The fourth-order valence-corrected chi connectivity index (χ4v) is 4.52. The highest BCUT2D eigenvalue weighted by molar-refractivity contribution is 5.92. The molecule has 148 valence electrons. The molecule has 2 fully saturated rings. The van der Waals surface area contributed by atoms with Gasteiger partial charge in [-0.2, -0.15) is 0 Å². The van der Waals surface area contributed by atoms with Crippen molar-refractivity contribution in [2.75, 3.05) is 26.8 Å². The minimum absolute atomic E-state index is 0.0287. The van der Waals surface area contributed by atoms with Gasteiger partial charge in [-0.25, -0.2) is 0 Å². The SMILES string of the molecule is COc1ccc(CC2CCOC3(CCN(C(=O)c4ccccn4)CC3)C2)cc1. The summed E-state index contributed by atoms with van der Waals surface area (Å²) in [5, 5.41) is 0. The molecule has 0 bridgehead atoms. The summed E-state index contributed by atoms with van der Waals surface area (Å²) in [4.78, 5) is 18.8. The minimum atomic E-state index is -0.0731. The lowest BCUT2D eigenvalue weighted by molar-refractivity contribution is -0.123. The number of carbonyl (C=O) groups is 1. The fourth-order valence-electron chi connectivity index (χ4n) is 4.52. The zero-order valence-corrected chi connectivity index (χ0v) is 16.5. The van der Waals surface area contributed by atoms with Crippen LogP contribution in [-0.2, 0) is 11.2 Å². The molecule has 4 rings (SSSR count). The van der Waals surface area contributed by atoms with Crippen LogP contribution in [0.4, 0.5) is 0 Å². The van der Waals surface area contributed by atoms with Crippen molar-refractivity contribution >= 4 is 5.91 Å². The predicted molar refractivity (Wildman–Crippen MR) is 107 cm³/mol. The van der Waals surface area contributed by atoms with Crippen molar-refractivity contribution < 1.29 is 14.3 Å². The van der Waals surface area contributed by atoms with Gasteiger partial charge in [-0.05, 0) is 67.9 Å². The van der Waals surface area contributed by atoms with Crippen molar-refractivity contribution in [1.82, 2.24) is 9.88 Å². The zero-order valence-electron chi connectivity index (χ0n) is 16.5. The van der Waals surface area contributed by atoms with Crippen molar-refractivity contribution in [3.63, 3.8) is 0 Å². The van der Waals surface area contributed by atoms with E-state index in [4.69, 9.17) is 9.47 Å². The van der Waals surface area contributed by atoms with Gasteiger partial charge in [0.1, 0.15) is 11.4 Å². The molecule has 0 aliphatic carbocycles. The van der Waals surface area contributed by atoms with Gasteiger partial charge in [0, 0.05) is 25.9 Å². The molecule has 1 amide bonds. The molecule has 3 heterocycles. The molecule has 1 aromatic carbocycles. The lowest BCUT2D eigenvalue weighted by Crippen LogP contribution is -2.51. The van der Waals surface area contributed by atoms with Crippen LogP contribution < -0.4 is 4.74 Å². The highest BCUT2D eigenvalue weighted by Crippen LogP contribution is 2.39. The van der Waals surface area contributed by atoms with E-state index in [2.05, 4.69) is 17.1 Å². The molecule has 0 saturated carbocycles. The third-order valence-electron chi connectivity index (χ3n) is 6.12. The van der Waals surface area contributed by atoms with Gasteiger partial charge >= 0.3 is 0 Å². The molecular formula is C23H28N2O3. The van der Waals surface area contributed by atoms with E-state index in [0.29, 0.717) is 11.6 Å². The molecule has 5 nitrogen and oxygen atoms in total. The molecule has 0 N–H and O–H groups in total. The topological polar surface area (TPSA) is 51.7 Å². The summed E-state index contributed by atoms with van der Waals surface area (Å²) in [6, 6.07) is 13.9. The Morgan fingerprint density at radius 2 is 2.00 bits per heavy atom. The Morgan fingerprint density at radius 1 is 1.21 bits per heavy atom. The first kappa shape index (κ1) is 18.9. The van der Waals surface area contributed by atoms with E-state index < -0.39 is 0 Å². The average Bonchev–Trinajstić information content (AvgIpc) is 2.75. The summed E-state index contributed by atoms with van der Waals surface area (Å²) in [7, 11) is 1.70. The summed E-state index contributed by atoms with van der Waals surface area (Å²) in [6.07, 6.45) is 6.74. The first-order valence-electron chi connectivity index (χ1n) is 10.1. The number of hydrogen-bond acceptors (Lipinski definition) is 4. The van der Waals surface area contributed by atoms with E-state index in [1.54, 1.807) is 19.4 Å². The second-order valence-corrected chi connectivity index (χ2v) is 7.95. The molecule has 1 aromatic heterocycles. The van der Waals surface area contributed by atoms with Crippen molar-refractivity contribution in [2.24, 2.45) is 5.92 Å². The van der Waals surface area contributed by atoms with Crippen LogP contribution in [0, 0.1) is 5.92 Å². The first-order valence-corrected chi connectivity index (χ1v) is 10.1. The Morgan fingerprint density at radius 3 is 2.68 bits per heavy atom. The highest BCUT2D eigenvalue weighted by Gasteiger charge is 2.41. The third kappa shape index (κ3) is 4.20. The van der Waals surface area contributed by atoms with Gasteiger partial charge in [0.25, 0.3) is 5.91 Å². The summed E-state index contributed by atoms with van der Waals surface area (Å²) < 4.78 is 11.5. The van der Waals surface area contributed by atoms with Crippen molar-refractivity contribution in [3.05, 3.63) is 59.9 Å². The number of benzene rings is 1. The quantitative estimate of drug-likeness (QED) is 0.811. The molecule has 1 atom stereocenters. The van der Waals surface area contributed by atoms with Crippen LogP contribution in [-0.4, -0.2) is 48.2 Å². The number of likely N-dealkylation sites (tertiary alicyclic amines) is 1. The van der Waals surface area contributed by atoms with Crippen LogP contribution in [0.25, 0.3) is 0 Å². The summed E-state index contributed by atoms with van der Waals surface area (Å²) >= 11 is 0. The summed E-state index contributed by atoms with van der Waals surface area (Å²) in [6.45, 7) is 2.30. The molecule has 5 heteroatoms. The Hall–Kier alpha value is -2.40. The Bertz CT molecular complexity index is 783. The Labute approximate surface area is 166 Å². The van der Waals surface area contributed by atoms with Gasteiger partial charge in [0.05, 0.1) is 12.7 Å². The molecular weight excluding hydrogens is 352 g/mol. The van der Waals surface area contributed by atoms with Crippen LogP contribution in [0.5, 0.6) is 5.75 Å². The number of piperidine rings is 1. The smallest absolute Gasteiger partial charge is 0.272 e. The van der Waals surface area contributed by atoms with Gasteiger partial charge in [0.2, 0.25) is 0 Å². The van der Waals surface area contributed by atoms with Gasteiger partial charge in [0.15, 0.2) is 0 Å². The zero-order chi connectivity index (χ0) is 19.4. The maximum Gasteiger partial charge on any atom is 0.272 e.